The molecule has 0 bridgehead atoms. The number of anilines is 1. The zero-order chi connectivity index (χ0) is 30.8. The highest BCUT2D eigenvalue weighted by atomic mass is 32.2. The molecule has 0 radical (unpaired) electrons. The van der Waals surface area contributed by atoms with Crippen LogP contribution in [0.2, 0.25) is 0 Å². The molecule has 8 nitrogen and oxygen atoms in total. The van der Waals surface area contributed by atoms with E-state index in [0.29, 0.717) is 12.1 Å². The summed E-state index contributed by atoms with van der Waals surface area (Å²) in [5, 5.41) is 2.80. The summed E-state index contributed by atoms with van der Waals surface area (Å²) in [6.45, 7) is 1.74. The number of benzene rings is 4. The maximum Gasteiger partial charge on any atom is 0.261 e. The lowest BCUT2D eigenvalue weighted by Crippen LogP contribution is -2.51. The Morgan fingerprint density at radius 1 is 0.814 bits per heavy atom. The average molecular weight is 608 g/mol. The third kappa shape index (κ3) is 8.86. The van der Waals surface area contributed by atoms with Crippen molar-refractivity contribution in [1.29, 1.82) is 0 Å². The highest BCUT2D eigenvalue weighted by Crippen LogP contribution is 2.21. The predicted molar refractivity (Wildman–Crippen MR) is 159 cm³/mol. The predicted octanol–water partition coefficient (Wildman–Crippen LogP) is 4.92. The Hall–Kier alpha value is -4.77. The minimum absolute atomic E-state index is 0.0311. The molecule has 0 aliphatic heterocycles. The van der Waals surface area contributed by atoms with E-state index in [1.165, 1.54) is 53.4 Å². The molecule has 1 atom stereocenters. The van der Waals surface area contributed by atoms with Crippen molar-refractivity contribution >= 4 is 27.5 Å². The molecule has 0 spiro atoms. The fraction of sp³-hybridized carbons (Fsp3) is 0.188. The Bertz CT molecular complexity index is 1620. The zero-order valence-corrected chi connectivity index (χ0v) is 24.2. The summed E-state index contributed by atoms with van der Waals surface area (Å²) in [4.78, 5) is 28.1. The molecule has 0 fully saturated rings. The van der Waals surface area contributed by atoms with Crippen LogP contribution in [0.3, 0.4) is 0 Å². The highest BCUT2D eigenvalue weighted by molar-refractivity contribution is 7.92. The lowest BCUT2D eigenvalue weighted by Gasteiger charge is -2.31. The van der Waals surface area contributed by atoms with Gasteiger partial charge in [-0.25, -0.2) is 17.2 Å². The van der Waals surface area contributed by atoms with Gasteiger partial charge in [-0.15, -0.1) is 0 Å². The number of amides is 2. The lowest BCUT2D eigenvalue weighted by atomic mass is 10.0. The summed E-state index contributed by atoms with van der Waals surface area (Å²) in [5.74, 6) is -1.52. The highest BCUT2D eigenvalue weighted by Gasteiger charge is 2.30. The second kappa shape index (κ2) is 14.4. The van der Waals surface area contributed by atoms with E-state index in [9.17, 15) is 26.8 Å². The molecule has 1 unspecified atom stereocenters. The molecule has 0 saturated carbocycles. The molecule has 11 heteroatoms. The van der Waals surface area contributed by atoms with Gasteiger partial charge in [0.15, 0.2) is 6.61 Å². The lowest BCUT2D eigenvalue weighted by molar-refractivity contribution is -0.142. The number of rotatable bonds is 13. The van der Waals surface area contributed by atoms with Crippen LogP contribution in [0, 0.1) is 11.6 Å². The largest absolute Gasteiger partial charge is 0.484 e. The number of nitrogens with one attached hydrogen (secondary N) is 2. The number of hydrogen-bond donors (Lipinski definition) is 2. The first-order valence-electron chi connectivity index (χ1n) is 13.5. The van der Waals surface area contributed by atoms with Gasteiger partial charge >= 0.3 is 0 Å². The van der Waals surface area contributed by atoms with Crippen molar-refractivity contribution in [3.63, 3.8) is 0 Å². The first kappa shape index (κ1) is 31.2. The van der Waals surface area contributed by atoms with Crippen molar-refractivity contribution in [2.75, 3.05) is 17.9 Å². The summed E-state index contributed by atoms with van der Waals surface area (Å²) in [5.41, 5.74) is 1.67. The fourth-order valence-electron chi connectivity index (χ4n) is 4.31. The number of carbonyl (C=O) groups is 2. The third-order valence-electron chi connectivity index (χ3n) is 6.48. The smallest absolute Gasteiger partial charge is 0.261 e. The number of halogens is 2. The molecular formula is C32H31F2N3O5S. The molecule has 0 heterocycles. The summed E-state index contributed by atoms with van der Waals surface area (Å²) in [6, 6.07) is 24.4. The van der Waals surface area contributed by atoms with Crippen molar-refractivity contribution in [2.24, 2.45) is 0 Å². The fourth-order valence-corrected chi connectivity index (χ4v) is 5.37. The van der Waals surface area contributed by atoms with Crippen LogP contribution < -0.4 is 14.8 Å². The first-order valence-corrected chi connectivity index (χ1v) is 15.0. The van der Waals surface area contributed by atoms with Crippen LogP contribution in [0.25, 0.3) is 0 Å². The quantitative estimate of drug-likeness (QED) is 0.225. The molecular weight excluding hydrogens is 576 g/mol. The van der Waals surface area contributed by atoms with Gasteiger partial charge in [0, 0.05) is 25.2 Å². The van der Waals surface area contributed by atoms with Crippen LogP contribution in [0.4, 0.5) is 14.5 Å². The Balaban J connectivity index is 1.51. The summed E-state index contributed by atoms with van der Waals surface area (Å²) >= 11 is 0. The van der Waals surface area contributed by atoms with Crippen LogP contribution in [0.1, 0.15) is 18.1 Å². The van der Waals surface area contributed by atoms with Crippen LogP contribution in [0.5, 0.6) is 5.75 Å². The molecule has 0 saturated heterocycles. The topological polar surface area (TPSA) is 105 Å². The third-order valence-corrected chi connectivity index (χ3v) is 7.88. The van der Waals surface area contributed by atoms with E-state index in [-0.39, 0.29) is 35.2 Å². The second-order valence-corrected chi connectivity index (χ2v) is 11.3. The summed E-state index contributed by atoms with van der Waals surface area (Å²) in [7, 11) is -3.96. The standard InChI is InChI=1S/C32H31F2N3O5S/c1-2-35-32(39)30(20-23-6-4-3-5-7-23)37(21-24-8-10-25(33)11-9-24)31(38)22-42-28-16-18-29(19-17-28)43(40,41)36-27-14-12-26(34)13-15-27/h3-19,30,36H,2,20-22H2,1H3,(H,35,39). The van der Waals surface area contributed by atoms with Crippen molar-refractivity contribution in [3.8, 4) is 5.75 Å². The molecule has 0 aromatic heterocycles. The molecule has 2 amide bonds. The minimum Gasteiger partial charge on any atom is -0.484 e. The number of likely N-dealkylation sites (N-methyl/N-ethyl adjacent to an activating group) is 1. The molecule has 0 aliphatic carbocycles. The Morgan fingerprint density at radius 2 is 1.42 bits per heavy atom. The van der Waals surface area contributed by atoms with Gasteiger partial charge in [0.1, 0.15) is 23.4 Å². The van der Waals surface area contributed by atoms with E-state index in [1.807, 2.05) is 30.3 Å². The molecule has 4 aromatic rings. The number of ether oxygens (including phenoxy) is 1. The summed E-state index contributed by atoms with van der Waals surface area (Å²) in [6.07, 6.45) is 0.243. The molecule has 4 rings (SSSR count). The first-order chi connectivity index (χ1) is 20.6. The van der Waals surface area contributed by atoms with E-state index < -0.39 is 40.2 Å². The van der Waals surface area contributed by atoms with E-state index in [0.717, 1.165) is 17.7 Å². The van der Waals surface area contributed by atoms with Gasteiger partial charge in [0.2, 0.25) is 5.91 Å². The average Bonchev–Trinajstić information content (AvgIpc) is 3.00. The zero-order valence-electron chi connectivity index (χ0n) is 23.4. The van der Waals surface area contributed by atoms with Crippen LogP contribution in [-0.2, 0) is 32.6 Å². The maximum atomic E-state index is 13.6. The van der Waals surface area contributed by atoms with Crippen LogP contribution in [0.15, 0.2) is 108 Å². The molecule has 0 aliphatic rings. The Morgan fingerprint density at radius 3 is 2.02 bits per heavy atom. The van der Waals surface area contributed by atoms with Crippen molar-refractivity contribution < 1.29 is 31.5 Å². The molecule has 43 heavy (non-hydrogen) atoms. The van der Waals surface area contributed by atoms with Gasteiger partial charge in [-0.1, -0.05) is 42.5 Å². The minimum atomic E-state index is -3.96. The van der Waals surface area contributed by atoms with E-state index in [2.05, 4.69) is 10.0 Å². The van der Waals surface area contributed by atoms with Gasteiger partial charge < -0.3 is 15.0 Å². The van der Waals surface area contributed by atoms with Crippen LogP contribution in [-0.4, -0.2) is 44.3 Å². The van der Waals surface area contributed by atoms with Gasteiger partial charge in [-0.2, -0.15) is 0 Å². The molecule has 4 aromatic carbocycles. The van der Waals surface area contributed by atoms with Gasteiger partial charge in [0.25, 0.3) is 15.9 Å². The SMILES string of the molecule is CCNC(=O)C(Cc1ccccc1)N(Cc1ccc(F)cc1)C(=O)COc1ccc(S(=O)(=O)Nc2ccc(F)cc2)cc1. The van der Waals surface area contributed by atoms with Gasteiger partial charge in [-0.05, 0) is 78.7 Å². The Kier molecular flexibility index (Phi) is 10.4. The van der Waals surface area contributed by atoms with E-state index in [4.69, 9.17) is 4.74 Å². The Labute approximate surface area is 249 Å². The monoisotopic (exact) mass is 607 g/mol. The van der Waals surface area contributed by atoms with Gasteiger partial charge in [-0.3, -0.25) is 14.3 Å². The van der Waals surface area contributed by atoms with E-state index in [1.54, 1.807) is 19.1 Å². The van der Waals surface area contributed by atoms with Gasteiger partial charge in [0.05, 0.1) is 4.90 Å². The molecule has 224 valence electrons. The number of hydrogen-bond acceptors (Lipinski definition) is 5. The van der Waals surface area contributed by atoms with E-state index >= 15 is 0 Å². The molecule has 2 N–H and O–H groups in total. The van der Waals surface area contributed by atoms with Crippen molar-refractivity contribution in [2.45, 2.75) is 30.8 Å². The second-order valence-electron chi connectivity index (χ2n) is 9.62. The maximum absolute atomic E-state index is 13.6. The van der Waals surface area contributed by atoms with Crippen molar-refractivity contribution in [3.05, 3.63) is 126 Å². The number of carbonyl (C=O) groups excluding carboxylic acids is 2. The normalized spacial score (nSPS) is 11.8. The van der Waals surface area contributed by atoms with Crippen LogP contribution >= 0.6 is 0 Å². The number of sulfonamides is 1. The number of nitrogens with zero attached hydrogens (tertiary/aromatic N) is 1. The summed E-state index contributed by atoms with van der Waals surface area (Å²) < 4.78 is 60.2. The van der Waals surface area contributed by atoms with Crippen molar-refractivity contribution in [1.82, 2.24) is 10.2 Å².